The van der Waals surface area contributed by atoms with Gasteiger partial charge < -0.3 is 10.3 Å². The third-order valence-corrected chi connectivity index (χ3v) is 3.99. The molecule has 0 amide bonds. The fourth-order valence-corrected chi connectivity index (χ4v) is 3.06. The molecule has 17 heavy (non-hydrogen) atoms. The Morgan fingerprint density at radius 3 is 3.00 bits per heavy atom. The van der Waals surface area contributed by atoms with Crippen LogP contribution in [0.4, 0.5) is 0 Å². The Labute approximate surface area is 111 Å². The predicted octanol–water partition coefficient (Wildman–Crippen LogP) is 2.83. The minimum atomic E-state index is 0. The van der Waals surface area contributed by atoms with Gasteiger partial charge >= 0.3 is 0 Å². The molecule has 0 radical (unpaired) electrons. The van der Waals surface area contributed by atoms with Crippen LogP contribution >= 0.6 is 24.2 Å². The van der Waals surface area contributed by atoms with E-state index in [0.717, 1.165) is 21.9 Å². The van der Waals surface area contributed by atoms with Crippen LogP contribution in [0.5, 0.6) is 0 Å². The maximum absolute atomic E-state index is 4.55. The zero-order chi connectivity index (χ0) is 10.8. The number of hydrogen-bond donors (Lipinski definition) is 2. The smallest absolute Gasteiger partial charge is 0.166 e. The van der Waals surface area contributed by atoms with Crippen molar-refractivity contribution in [3.8, 4) is 0 Å². The summed E-state index contributed by atoms with van der Waals surface area (Å²) in [6.45, 7) is 1.17. The molecule has 5 heteroatoms. The quantitative estimate of drug-likeness (QED) is 0.842. The van der Waals surface area contributed by atoms with Gasteiger partial charge in [-0.15, -0.1) is 12.4 Å². The van der Waals surface area contributed by atoms with Crippen molar-refractivity contribution in [3.63, 3.8) is 0 Å². The van der Waals surface area contributed by atoms with Crippen molar-refractivity contribution in [1.29, 1.82) is 0 Å². The number of hydrogen-bond acceptors (Lipinski definition) is 3. The number of nitrogens with one attached hydrogen (secondary N) is 2. The van der Waals surface area contributed by atoms with Crippen LogP contribution < -0.4 is 5.32 Å². The Bertz CT molecular complexity index is 446. The fraction of sp³-hybridized carbons (Fsp3) is 0.417. The molecule has 1 aromatic carbocycles. The molecular weight excluding hydrogens is 254 g/mol. The molecule has 1 saturated heterocycles. The first-order valence-electron chi connectivity index (χ1n) is 5.73. The van der Waals surface area contributed by atoms with Gasteiger partial charge in [0.2, 0.25) is 0 Å². The molecule has 1 aliphatic rings. The number of thioether (sulfide) groups is 1. The summed E-state index contributed by atoms with van der Waals surface area (Å²) in [5.74, 6) is 1.11. The summed E-state index contributed by atoms with van der Waals surface area (Å²) in [7, 11) is 0. The molecule has 0 spiro atoms. The highest BCUT2D eigenvalue weighted by Crippen LogP contribution is 2.21. The first-order chi connectivity index (χ1) is 7.92. The standard InChI is InChI=1S/C12H15N3S.ClH/c1-2-6-11-10(5-1)14-12(15-11)16-8-9-4-3-7-13-9;/h1-2,5-6,9,13H,3-4,7-8H2,(H,14,15);1H. The van der Waals surface area contributed by atoms with E-state index in [0.29, 0.717) is 6.04 Å². The van der Waals surface area contributed by atoms with Gasteiger partial charge in [-0.25, -0.2) is 4.98 Å². The van der Waals surface area contributed by atoms with Crippen molar-refractivity contribution >= 4 is 35.2 Å². The number of para-hydroxylation sites is 2. The van der Waals surface area contributed by atoms with Crippen LogP contribution in [-0.4, -0.2) is 28.3 Å². The highest BCUT2D eigenvalue weighted by Gasteiger charge is 2.14. The zero-order valence-corrected chi connectivity index (χ0v) is 11.1. The van der Waals surface area contributed by atoms with Crippen LogP contribution in [0.15, 0.2) is 29.4 Å². The van der Waals surface area contributed by atoms with E-state index in [-0.39, 0.29) is 12.4 Å². The summed E-state index contributed by atoms with van der Waals surface area (Å²) in [5, 5.41) is 4.54. The van der Waals surface area contributed by atoms with Gasteiger partial charge in [0.15, 0.2) is 5.16 Å². The van der Waals surface area contributed by atoms with E-state index in [9.17, 15) is 0 Å². The Balaban J connectivity index is 0.00000108. The SMILES string of the molecule is Cl.c1ccc2[nH]c(SCC3CCCN3)nc2c1. The Morgan fingerprint density at radius 2 is 2.24 bits per heavy atom. The Kier molecular flexibility index (Phi) is 4.31. The number of aromatic amines is 1. The third kappa shape index (κ3) is 2.94. The Hall–Kier alpha value is -0.710. The second-order valence-corrected chi connectivity index (χ2v) is 5.17. The van der Waals surface area contributed by atoms with Crippen LogP contribution in [0.25, 0.3) is 11.0 Å². The van der Waals surface area contributed by atoms with Gasteiger partial charge in [-0.1, -0.05) is 23.9 Å². The number of rotatable bonds is 3. The van der Waals surface area contributed by atoms with Crippen molar-refractivity contribution < 1.29 is 0 Å². The normalized spacial score (nSPS) is 19.4. The molecule has 1 atom stereocenters. The molecule has 1 fully saturated rings. The zero-order valence-electron chi connectivity index (χ0n) is 9.48. The lowest BCUT2D eigenvalue weighted by Crippen LogP contribution is -2.23. The number of aromatic nitrogens is 2. The lowest BCUT2D eigenvalue weighted by molar-refractivity contribution is 0.673. The first kappa shape index (κ1) is 12.7. The minimum absolute atomic E-state index is 0. The number of imidazole rings is 1. The van der Waals surface area contributed by atoms with Crippen molar-refractivity contribution in [2.45, 2.75) is 24.0 Å². The monoisotopic (exact) mass is 269 g/mol. The van der Waals surface area contributed by atoms with Crippen LogP contribution in [0.1, 0.15) is 12.8 Å². The minimum Gasteiger partial charge on any atom is -0.333 e. The number of nitrogens with zero attached hydrogens (tertiary/aromatic N) is 1. The largest absolute Gasteiger partial charge is 0.333 e. The maximum atomic E-state index is 4.55. The second-order valence-electron chi connectivity index (χ2n) is 4.16. The molecule has 2 heterocycles. The summed E-state index contributed by atoms with van der Waals surface area (Å²) in [4.78, 5) is 7.90. The van der Waals surface area contributed by atoms with Gasteiger partial charge in [-0.3, -0.25) is 0 Å². The molecule has 0 aliphatic carbocycles. The lowest BCUT2D eigenvalue weighted by Gasteiger charge is -2.06. The van der Waals surface area contributed by atoms with Gasteiger partial charge in [0, 0.05) is 11.8 Å². The molecule has 1 aromatic heterocycles. The van der Waals surface area contributed by atoms with Crippen molar-refractivity contribution in [1.82, 2.24) is 15.3 Å². The van der Waals surface area contributed by atoms with E-state index in [4.69, 9.17) is 0 Å². The van der Waals surface area contributed by atoms with E-state index < -0.39 is 0 Å². The van der Waals surface area contributed by atoms with E-state index in [1.807, 2.05) is 30.0 Å². The molecule has 3 nitrogen and oxygen atoms in total. The molecule has 1 unspecified atom stereocenters. The van der Waals surface area contributed by atoms with Gasteiger partial charge in [0.25, 0.3) is 0 Å². The highest BCUT2D eigenvalue weighted by molar-refractivity contribution is 7.99. The van der Waals surface area contributed by atoms with E-state index in [1.54, 1.807) is 0 Å². The molecule has 2 aromatic rings. The molecule has 0 saturated carbocycles. The average Bonchev–Trinajstić information content (AvgIpc) is 2.95. The Morgan fingerprint density at radius 1 is 1.35 bits per heavy atom. The van der Waals surface area contributed by atoms with E-state index >= 15 is 0 Å². The molecular formula is C12H16ClN3S. The average molecular weight is 270 g/mol. The summed E-state index contributed by atoms with van der Waals surface area (Å²) < 4.78 is 0. The lowest BCUT2D eigenvalue weighted by atomic mass is 10.3. The number of fused-ring (bicyclic) bond motifs is 1. The molecule has 0 bridgehead atoms. The van der Waals surface area contributed by atoms with Crippen molar-refractivity contribution in [2.75, 3.05) is 12.3 Å². The van der Waals surface area contributed by atoms with Gasteiger partial charge in [-0.05, 0) is 31.5 Å². The second kappa shape index (κ2) is 5.76. The summed E-state index contributed by atoms with van der Waals surface area (Å²) in [5.41, 5.74) is 2.19. The van der Waals surface area contributed by atoms with Crippen molar-refractivity contribution in [3.05, 3.63) is 24.3 Å². The summed E-state index contributed by atoms with van der Waals surface area (Å²) in [6.07, 6.45) is 2.61. The van der Waals surface area contributed by atoms with Crippen LogP contribution in [-0.2, 0) is 0 Å². The number of H-pyrrole nitrogens is 1. The third-order valence-electron chi connectivity index (χ3n) is 2.95. The van der Waals surface area contributed by atoms with E-state index in [1.165, 1.54) is 19.4 Å². The van der Waals surface area contributed by atoms with Gasteiger partial charge in [0.1, 0.15) is 0 Å². The highest BCUT2D eigenvalue weighted by atomic mass is 35.5. The molecule has 92 valence electrons. The first-order valence-corrected chi connectivity index (χ1v) is 6.71. The predicted molar refractivity (Wildman–Crippen MR) is 75.1 cm³/mol. The maximum Gasteiger partial charge on any atom is 0.166 e. The van der Waals surface area contributed by atoms with Crippen LogP contribution in [0.3, 0.4) is 0 Å². The van der Waals surface area contributed by atoms with Gasteiger partial charge in [0.05, 0.1) is 11.0 Å². The molecule has 1 aliphatic heterocycles. The van der Waals surface area contributed by atoms with Crippen molar-refractivity contribution in [2.24, 2.45) is 0 Å². The fourth-order valence-electron chi connectivity index (χ4n) is 2.08. The molecule has 2 N–H and O–H groups in total. The van der Waals surface area contributed by atoms with Crippen LogP contribution in [0.2, 0.25) is 0 Å². The number of halogens is 1. The van der Waals surface area contributed by atoms with Crippen LogP contribution in [0, 0.1) is 0 Å². The topological polar surface area (TPSA) is 40.7 Å². The van der Waals surface area contributed by atoms with Gasteiger partial charge in [-0.2, -0.15) is 0 Å². The summed E-state index contributed by atoms with van der Waals surface area (Å²) >= 11 is 1.81. The van der Waals surface area contributed by atoms with E-state index in [2.05, 4.69) is 21.4 Å². The number of benzene rings is 1. The molecule has 3 rings (SSSR count). The summed E-state index contributed by atoms with van der Waals surface area (Å²) in [6, 6.07) is 8.84.